The highest BCUT2D eigenvalue weighted by atomic mass is 16.5. The summed E-state index contributed by atoms with van der Waals surface area (Å²) < 4.78 is 5.52. The first-order chi connectivity index (χ1) is 9.83. The number of rotatable bonds is 7. The number of nitrogens with one attached hydrogen (secondary N) is 1. The van der Waals surface area contributed by atoms with E-state index >= 15 is 0 Å². The van der Waals surface area contributed by atoms with E-state index in [1.165, 1.54) is 0 Å². The summed E-state index contributed by atoms with van der Waals surface area (Å²) in [4.78, 5) is 17.0. The highest BCUT2D eigenvalue weighted by Gasteiger charge is 2.09. The van der Waals surface area contributed by atoms with E-state index in [9.17, 15) is 0 Å². The third-order valence-electron chi connectivity index (χ3n) is 2.52. The molecule has 0 saturated heterocycles. The molecule has 2 aromatic heterocycles. The van der Waals surface area contributed by atoms with Crippen molar-refractivity contribution in [2.24, 2.45) is 0 Å². The molecule has 6 nitrogen and oxygen atoms in total. The molecule has 0 unspecified atom stereocenters. The predicted octanol–water partition coefficient (Wildman–Crippen LogP) is 2.54. The van der Waals surface area contributed by atoms with Gasteiger partial charge in [0.25, 0.3) is 0 Å². The Kier molecular flexibility index (Phi) is 5.23. The topological polar surface area (TPSA) is 72.8 Å². The first-order valence-electron chi connectivity index (χ1n) is 6.86. The summed E-state index contributed by atoms with van der Waals surface area (Å²) in [6, 6.07) is 4.08. The largest absolute Gasteiger partial charge is 0.463 e. The molecule has 106 valence electrons. The van der Waals surface area contributed by atoms with Crippen molar-refractivity contribution in [3.63, 3.8) is 0 Å². The first kappa shape index (κ1) is 14.2. The van der Waals surface area contributed by atoms with Crippen molar-refractivity contribution in [3.8, 4) is 17.4 Å². The normalized spacial score (nSPS) is 10.3. The van der Waals surface area contributed by atoms with E-state index in [4.69, 9.17) is 4.74 Å². The van der Waals surface area contributed by atoms with Crippen LogP contribution in [0.25, 0.3) is 11.4 Å². The number of aromatic nitrogens is 4. The molecule has 6 heteroatoms. The Morgan fingerprint density at radius 3 is 2.55 bits per heavy atom. The number of ether oxygens (including phenoxy) is 1. The van der Waals surface area contributed by atoms with Gasteiger partial charge in [-0.3, -0.25) is 4.98 Å². The minimum absolute atomic E-state index is 0.354. The lowest BCUT2D eigenvalue weighted by atomic mass is 10.2. The molecule has 0 aliphatic rings. The van der Waals surface area contributed by atoms with Crippen LogP contribution in [-0.2, 0) is 0 Å². The van der Waals surface area contributed by atoms with Crippen LogP contribution in [0.2, 0.25) is 0 Å². The average molecular weight is 273 g/mol. The van der Waals surface area contributed by atoms with Crippen molar-refractivity contribution in [1.82, 2.24) is 19.9 Å². The fraction of sp³-hybridized carbons (Fsp3) is 0.429. The van der Waals surface area contributed by atoms with Gasteiger partial charge >= 0.3 is 6.01 Å². The molecule has 2 aromatic rings. The zero-order valence-electron chi connectivity index (χ0n) is 11.8. The highest BCUT2D eigenvalue weighted by Crippen LogP contribution is 2.18. The van der Waals surface area contributed by atoms with Gasteiger partial charge in [0.05, 0.1) is 6.61 Å². The zero-order valence-corrected chi connectivity index (χ0v) is 11.8. The molecule has 0 bridgehead atoms. The quantitative estimate of drug-likeness (QED) is 0.835. The minimum Gasteiger partial charge on any atom is -0.463 e. The van der Waals surface area contributed by atoms with Crippen LogP contribution in [0, 0.1) is 0 Å². The standard InChI is InChI=1S/C14H19N5O/c1-3-7-16-13-17-12(11-5-8-15-9-6-11)18-14(19-13)20-10-4-2/h5-6,8-9H,3-4,7,10H2,1-2H3,(H,16,17,18,19). The summed E-state index contributed by atoms with van der Waals surface area (Å²) in [5, 5.41) is 3.16. The third kappa shape index (κ3) is 3.88. The third-order valence-corrected chi connectivity index (χ3v) is 2.52. The van der Waals surface area contributed by atoms with Crippen LogP contribution in [0.1, 0.15) is 26.7 Å². The van der Waals surface area contributed by atoms with Crippen LogP contribution in [-0.4, -0.2) is 33.1 Å². The Hall–Kier alpha value is -2.24. The Morgan fingerprint density at radius 2 is 1.85 bits per heavy atom. The molecule has 2 heterocycles. The summed E-state index contributed by atoms with van der Waals surface area (Å²) in [6.45, 7) is 5.54. The molecule has 0 saturated carbocycles. The van der Waals surface area contributed by atoms with Gasteiger partial charge in [-0.1, -0.05) is 13.8 Å². The second-order valence-electron chi connectivity index (χ2n) is 4.28. The minimum atomic E-state index is 0.354. The lowest BCUT2D eigenvalue weighted by Crippen LogP contribution is -2.09. The molecule has 0 amide bonds. The fourth-order valence-electron chi connectivity index (χ4n) is 1.56. The first-order valence-corrected chi connectivity index (χ1v) is 6.86. The van der Waals surface area contributed by atoms with Gasteiger partial charge in [-0.2, -0.15) is 15.0 Å². The van der Waals surface area contributed by atoms with Crippen LogP contribution in [0.4, 0.5) is 5.95 Å². The van der Waals surface area contributed by atoms with E-state index in [0.29, 0.717) is 24.4 Å². The molecule has 2 rings (SSSR count). The van der Waals surface area contributed by atoms with E-state index < -0.39 is 0 Å². The van der Waals surface area contributed by atoms with Crippen LogP contribution < -0.4 is 10.1 Å². The summed E-state index contributed by atoms with van der Waals surface area (Å²) in [5.74, 6) is 1.13. The molecule has 0 spiro atoms. The lowest BCUT2D eigenvalue weighted by Gasteiger charge is -2.08. The van der Waals surface area contributed by atoms with Crippen LogP contribution in [0.5, 0.6) is 6.01 Å². The summed E-state index contributed by atoms with van der Waals surface area (Å²) in [7, 11) is 0. The van der Waals surface area contributed by atoms with Gasteiger partial charge in [-0.15, -0.1) is 0 Å². The molecule has 0 aromatic carbocycles. The molecule has 0 radical (unpaired) electrons. The van der Waals surface area contributed by atoms with Crippen molar-refractivity contribution >= 4 is 5.95 Å². The molecule has 20 heavy (non-hydrogen) atoms. The smallest absolute Gasteiger partial charge is 0.321 e. The van der Waals surface area contributed by atoms with Gasteiger partial charge in [0, 0.05) is 24.5 Å². The SMILES string of the molecule is CCCNc1nc(OCCC)nc(-c2ccncc2)n1. The van der Waals surface area contributed by atoms with E-state index in [-0.39, 0.29) is 0 Å². The van der Waals surface area contributed by atoms with Gasteiger partial charge in [0.1, 0.15) is 0 Å². The second-order valence-corrected chi connectivity index (χ2v) is 4.28. The van der Waals surface area contributed by atoms with E-state index in [1.807, 2.05) is 19.1 Å². The van der Waals surface area contributed by atoms with E-state index in [1.54, 1.807) is 12.4 Å². The second kappa shape index (κ2) is 7.37. The Balaban J connectivity index is 2.29. The Labute approximate surface area is 118 Å². The van der Waals surface area contributed by atoms with Gasteiger partial charge in [0.2, 0.25) is 5.95 Å². The number of hydrogen-bond donors (Lipinski definition) is 1. The molecule has 1 N–H and O–H groups in total. The molecule has 0 atom stereocenters. The maximum atomic E-state index is 5.52. The molecular formula is C14H19N5O. The predicted molar refractivity (Wildman–Crippen MR) is 77.6 cm³/mol. The molecular weight excluding hydrogens is 254 g/mol. The zero-order chi connectivity index (χ0) is 14.2. The van der Waals surface area contributed by atoms with Crippen molar-refractivity contribution in [2.75, 3.05) is 18.5 Å². The monoisotopic (exact) mass is 273 g/mol. The van der Waals surface area contributed by atoms with Crippen LogP contribution >= 0.6 is 0 Å². The Morgan fingerprint density at radius 1 is 1.05 bits per heavy atom. The molecule has 0 fully saturated rings. The van der Waals surface area contributed by atoms with Gasteiger partial charge in [-0.25, -0.2) is 0 Å². The lowest BCUT2D eigenvalue weighted by molar-refractivity contribution is 0.292. The van der Waals surface area contributed by atoms with Crippen LogP contribution in [0.15, 0.2) is 24.5 Å². The number of nitrogens with zero attached hydrogens (tertiary/aromatic N) is 4. The number of hydrogen-bond acceptors (Lipinski definition) is 6. The maximum Gasteiger partial charge on any atom is 0.321 e. The van der Waals surface area contributed by atoms with Gasteiger partial charge in [-0.05, 0) is 25.0 Å². The molecule has 0 aliphatic heterocycles. The molecule has 0 aliphatic carbocycles. The maximum absolute atomic E-state index is 5.52. The Bertz CT molecular complexity index is 506. The summed E-state index contributed by atoms with van der Waals surface area (Å²) in [5.41, 5.74) is 0.892. The van der Waals surface area contributed by atoms with Crippen LogP contribution in [0.3, 0.4) is 0 Å². The van der Waals surface area contributed by atoms with Crippen molar-refractivity contribution in [1.29, 1.82) is 0 Å². The summed E-state index contributed by atoms with van der Waals surface area (Å²) in [6.07, 6.45) is 5.34. The fourth-order valence-corrected chi connectivity index (χ4v) is 1.56. The van der Waals surface area contributed by atoms with E-state index in [2.05, 4.69) is 32.2 Å². The van der Waals surface area contributed by atoms with Crippen molar-refractivity contribution in [2.45, 2.75) is 26.7 Å². The van der Waals surface area contributed by atoms with E-state index in [0.717, 1.165) is 24.9 Å². The van der Waals surface area contributed by atoms with Gasteiger partial charge < -0.3 is 10.1 Å². The highest BCUT2D eigenvalue weighted by molar-refractivity contribution is 5.55. The number of pyridine rings is 1. The number of anilines is 1. The van der Waals surface area contributed by atoms with Gasteiger partial charge in [0.15, 0.2) is 5.82 Å². The average Bonchev–Trinajstić information content (AvgIpc) is 2.51. The van der Waals surface area contributed by atoms with Crippen molar-refractivity contribution < 1.29 is 4.74 Å². The summed E-state index contributed by atoms with van der Waals surface area (Å²) >= 11 is 0. The van der Waals surface area contributed by atoms with Crippen molar-refractivity contribution in [3.05, 3.63) is 24.5 Å².